The van der Waals surface area contributed by atoms with Crippen molar-refractivity contribution >= 4 is 17.1 Å². The molecule has 1 aromatic carbocycles. The lowest BCUT2D eigenvalue weighted by atomic mass is 10.2. The lowest BCUT2D eigenvalue weighted by Gasteiger charge is -2.18. The maximum absolute atomic E-state index is 13.4. The normalized spacial score (nSPS) is 16.5. The van der Waals surface area contributed by atoms with Crippen molar-refractivity contribution in [3.8, 4) is 11.4 Å². The first-order chi connectivity index (χ1) is 14.6. The van der Waals surface area contributed by atoms with Gasteiger partial charge in [0.1, 0.15) is 22.9 Å². The summed E-state index contributed by atoms with van der Waals surface area (Å²) in [6, 6.07) is 11.9. The Balaban J connectivity index is 1.49. The van der Waals surface area contributed by atoms with Crippen LogP contribution in [0, 0.1) is 5.82 Å². The minimum atomic E-state index is -0.288. The lowest BCUT2D eigenvalue weighted by Crippen LogP contribution is -2.29. The van der Waals surface area contributed by atoms with Crippen LogP contribution in [0.5, 0.6) is 0 Å². The minimum absolute atomic E-state index is 0.0298. The second-order valence-corrected chi connectivity index (χ2v) is 7.41. The van der Waals surface area contributed by atoms with E-state index in [4.69, 9.17) is 4.98 Å². The Morgan fingerprint density at radius 2 is 2.03 bits per heavy atom. The zero-order valence-corrected chi connectivity index (χ0v) is 16.6. The van der Waals surface area contributed by atoms with Crippen LogP contribution >= 0.6 is 0 Å². The van der Waals surface area contributed by atoms with E-state index < -0.39 is 0 Å². The van der Waals surface area contributed by atoms with E-state index in [1.807, 2.05) is 30.2 Å². The van der Waals surface area contributed by atoms with E-state index in [1.54, 1.807) is 29.1 Å². The van der Waals surface area contributed by atoms with Crippen molar-refractivity contribution in [1.82, 2.24) is 29.2 Å². The number of imidazole rings is 1. The first-order valence-corrected chi connectivity index (χ1v) is 10.1. The molecule has 152 valence electrons. The van der Waals surface area contributed by atoms with Gasteiger partial charge in [-0.2, -0.15) is 5.10 Å². The lowest BCUT2D eigenvalue weighted by molar-refractivity contribution is 0.0781. The molecule has 4 aromatic rings. The van der Waals surface area contributed by atoms with Gasteiger partial charge in [0.05, 0.1) is 6.04 Å². The fourth-order valence-electron chi connectivity index (χ4n) is 4.03. The van der Waals surface area contributed by atoms with Crippen LogP contribution in [0.1, 0.15) is 29.9 Å². The van der Waals surface area contributed by atoms with Gasteiger partial charge in [-0.15, -0.1) is 0 Å². The fraction of sp³-hybridized carbons (Fsp3) is 0.273. The molecule has 1 fully saturated rings. The third kappa shape index (κ3) is 3.14. The highest BCUT2D eigenvalue weighted by atomic mass is 19.1. The zero-order valence-electron chi connectivity index (χ0n) is 16.6. The fourth-order valence-corrected chi connectivity index (χ4v) is 4.03. The van der Waals surface area contributed by atoms with E-state index in [0.29, 0.717) is 18.8 Å². The molecule has 7 nitrogen and oxygen atoms in total. The maximum Gasteiger partial charge on any atom is 0.274 e. The van der Waals surface area contributed by atoms with Crippen molar-refractivity contribution in [2.45, 2.75) is 25.9 Å². The Kier molecular flexibility index (Phi) is 4.54. The van der Waals surface area contributed by atoms with Crippen molar-refractivity contribution in [1.29, 1.82) is 0 Å². The van der Waals surface area contributed by atoms with Crippen LogP contribution in [-0.4, -0.2) is 48.2 Å². The van der Waals surface area contributed by atoms with Gasteiger partial charge in [-0.25, -0.2) is 14.4 Å². The number of benzene rings is 1. The Morgan fingerprint density at radius 3 is 2.80 bits per heavy atom. The van der Waals surface area contributed by atoms with E-state index in [9.17, 15) is 9.18 Å². The predicted octanol–water partition coefficient (Wildman–Crippen LogP) is 3.54. The Hall–Kier alpha value is -3.55. The summed E-state index contributed by atoms with van der Waals surface area (Å²) < 4.78 is 17.3. The number of amides is 1. The average Bonchev–Trinajstić information content (AvgIpc) is 3.51. The molecule has 0 aliphatic carbocycles. The van der Waals surface area contributed by atoms with Crippen LogP contribution in [0.2, 0.25) is 0 Å². The summed E-state index contributed by atoms with van der Waals surface area (Å²) in [6.07, 6.45) is 4.35. The quantitative estimate of drug-likeness (QED) is 0.522. The topological polar surface area (TPSA) is 68.8 Å². The molecule has 4 heterocycles. The standard InChI is InChI=1S/C22H21FN6O/c1-2-28-13-10-19(26-28)22(30)27-12-9-17(14-27)29-20(15-5-7-16(23)8-6-15)25-18-4-3-11-24-21(18)29/h3-8,10-11,13,17H,2,9,12,14H2,1H3. The van der Waals surface area contributed by atoms with Crippen molar-refractivity contribution in [3.63, 3.8) is 0 Å². The molecule has 1 aliphatic heterocycles. The molecule has 1 atom stereocenters. The smallest absolute Gasteiger partial charge is 0.274 e. The van der Waals surface area contributed by atoms with Crippen LogP contribution in [-0.2, 0) is 6.54 Å². The van der Waals surface area contributed by atoms with Gasteiger partial charge < -0.3 is 9.47 Å². The van der Waals surface area contributed by atoms with E-state index in [0.717, 1.165) is 35.5 Å². The highest BCUT2D eigenvalue weighted by Crippen LogP contribution is 2.32. The van der Waals surface area contributed by atoms with Gasteiger partial charge >= 0.3 is 0 Å². The molecule has 0 saturated carbocycles. The number of halogens is 1. The molecule has 30 heavy (non-hydrogen) atoms. The number of hydrogen-bond acceptors (Lipinski definition) is 4. The Morgan fingerprint density at radius 1 is 1.20 bits per heavy atom. The largest absolute Gasteiger partial charge is 0.335 e. The molecule has 0 spiro atoms. The van der Waals surface area contributed by atoms with Crippen molar-refractivity contribution in [2.75, 3.05) is 13.1 Å². The molecule has 3 aromatic heterocycles. The van der Waals surface area contributed by atoms with Crippen molar-refractivity contribution in [2.24, 2.45) is 0 Å². The second kappa shape index (κ2) is 7.37. The van der Waals surface area contributed by atoms with Gasteiger partial charge in [-0.1, -0.05) is 0 Å². The van der Waals surface area contributed by atoms with E-state index in [1.165, 1.54) is 12.1 Å². The van der Waals surface area contributed by atoms with Crippen LogP contribution in [0.4, 0.5) is 4.39 Å². The van der Waals surface area contributed by atoms with Crippen LogP contribution < -0.4 is 0 Å². The van der Waals surface area contributed by atoms with Gasteiger partial charge in [-0.3, -0.25) is 9.48 Å². The SMILES string of the molecule is CCn1ccc(C(=O)N2CCC(n3c(-c4ccc(F)cc4)nc4cccnc43)C2)n1. The molecule has 1 unspecified atom stereocenters. The van der Waals surface area contributed by atoms with E-state index in [-0.39, 0.29) is 17.8 Å². The molecule has 1 amide bonds. The number of aryl methyl sites for hydroxylation is 1. The molecular formula is C22H21FN6O. The average molecular weight is 404 g/mol. The van der Waals surface area contributed by atoms with Gasteiger partial charge in [0.25, 0.3) is 5.91 Å². The number of carbonyl (C=O) groups is 1. The summed E-state index contributed by atoms with van der Waals surface area (Å²) in [6.45, 7) is 3.90. The number of nitrogens with zero attached hydrogens (tertiary/aromatic N) is 6. The summed E-state index contributed by atoms with van der Waals surface area (Å²) in [5.41, 5.74) is 2.83. The summed E-state index contributed by atoms with van der Waals surface area (Å²) in [5, 5.41) is 4.34. The Labute approximate surface area is 172 Å². The first kappa shape index (κ1) is 18.5. The molecule has 1 saturated heterocycles. The number of hydrogen-bond donors (Lipinski definition) is 0. The van der Waals surface area contributed by atoms with Crippen LogP contribution in [0.15, 0.2) is 54.9 Å². The van der Waals surface area contributed by atoms with Gasteiger partial charge in [0.2, 0.25) is 0 Å². The maximum atomic E-state index is 13.4. The molecule has 8 heteroatoms. The number of pyridine rings is 1. The molecule has 0 radical (unpaired) electrons. The second-order valence-electron chi connectivity index (χ2n) is 7.41. The van der Waals surface area contributed by atoms with Crippen molar-refractivity contribution < 1.29 is 9.18 Å². The van der Waals surface area contributed by atoms with Crippen molar-refractivity contribution in [3.05, 3.63) is 66.4 Å². The first-order valence-electron chi connectivity index (χ1n) is 10.1. The highest BCUT2D eigenvalue weighted by Gasteiger charge is 2.32. The monoisotopic (exact) mass is 404 g/mol. The third-order valence-electron chi connectivity index (χ3n) is 5.55. The number of fused-ring (bicyclic) bond motifs is 1. The molecular weight excluding hydrogens is 383 g/mol. The third-order valence-corrected chi connectivity index (χ3v) is 5.55. The van der Waals surface area contributed by atoms with E-state index in [2.05, 4.69) is 14.6 Å². The highest BCUT2D eigenvalue weighted by molar-refractivity contribution is 5.92. The number of aromatic nitrogens is 5. The van der Waals surface area contributed by atoms with Gasteiger partial charge in [-0.05, 0) is 55.8 Å². The van der Waals surface area contributed by atoms with Crippen LogP contribution in [0.25, 0.3) is 22.6 Å². The zero-order chi connectivity index (χ0) is 20.7. The molecule has 0 N–H and O–H groups in total. The van der Waals surface area contributed by atoms with Crippen LogP contribution in [0.3, 0.4) is 0 Å². The summed E-state index contributed by atoms with van der Waals surface area (Å²) in [4.78, 5) is 24.0. The summed E-state index contributed by atoms with van der Waals surface area (Å²) in [5.74, 6) is 0.382. The molecule has 0 bridgehead atoms. The van der Waals surface area contributed by atoms with Gasteiger partial charge in [0, 0.05) is 37.6 Å². The minimum Gasteiger partial charge on any atom is -0.335 e. The predicted molar refractivity (Wildman–Crippen MR) is 110 cm³/mol. The Bertz CT molecular complexity index is 1210. The number of rotatable bonds is 4. The number of carbonyl (C=O) groups excluding carboxylic acids is 1. The van der Waals surface area contributed by atoms with Gasteiger partial charge in [0.15, 0.2) is 5.65 Å². The van der Waals surface area contributed by atoms with E-state index >= 15 is 0 Å². The summed E-state index contributed by atoms with van der Waals surface area (Å²) >= 11 is 0. The summed E-state index contributed by atoms with van der Waals surface area (Å²) in [7, 11) is 0. The molecule has 5 rings (SSSR count). The molecule has 1 aliphatic rings. The number of likely N-dealkylation sites (tertiary alicyclic amines) is 1.